The van der Waals surface area contributed by atoms with Gasteiger partial charge in [-0.25, -0.2) is 0 Å². The van der Waals surface area contributed by atoms with Gasteiger partial charge < -0.3 is 15.3 Å². The van der Waals surface area contributed by atoms with Gasteiger partial charge in [-0.3, -0.25) is 9.78 Å². The molecule has 0 spiro atoms. The molecule has 1 saturated heterocycles. The lowest BCUT2D eigenvalue weighted by atomic mass is 9.71. The molecule has 1 amide bonds. The molecule has 5 nitrogen and oxygen atoms in total. The van der Waals surface area contributed by atoms with Gasteiger partial charge in [0, 0.05) is 37.6 Å². The number of pyridine rings is 1. The number of piperidine rings is 1. The van der Waals surface area contributed by atoms with Crippen molar-refractivity contribution in [2.75, 3.05) is 19.6 Å². The van der Waals surface area contributed by atoms with Crippen molar-refractivity contribution >= 4 is 5.91 Å². The summed E-state index contributed by atoms with van der Waals surface area (Å²) in [7, 11) is 0. The van der Waals surface area contributed by atoms with E-state index in [-0.39, 0.29) is 11.9 Å². The number of hydrogen-bond donors (Lipinski definition) is 2. The van der Waals surface area contributed by atoms with Crippen molar-refractivity contribution in [3.63, 3.8) is 0 Å². The molecule has 0 aromatic carbocycles. The molecule has 3 rings (SSSR count). The van der Waals surface area contributed by atoms with E-state index in [4.69, 9.17) is 0 Å². The first-order chi connectivity index (χ1) is 12.9. The van der Waals surface area contributed by atoms with Crippen LogP contribution >= 0.6 is 0 Å². The Kier molecular flexibility index (Phi) is 6.33. The van der Waals surface area contributed by atoms with Crippen molar-refractivity contribution in [3.05, 3.63) is 41.2 Å². The van der Waals surface area contributed by atoms with E-state index in [1.807, 2.05) is 0 Å². The Bertz CT molecular complexity index is 684. The van der Waals surface area contributed by atoms with Crippen molar-refractivity contribution in [2.45, 2.75) is 65.0 Å². The fraction of sp³-hybridized carbons (Fsp3) is 0.636. The number of amides is 1. The number of likely N-dealkylation sites (tertiary alicyclic amines) is 1. The lowest BCUT2D eigenvalue weighted by molar-refractivity contribution is 0.0378. The highest BCUT2D eigenvalue weighted by molar-refractivity contribution is 5.94. The van der Waals surface area contributed by atoms with Gasteiger partial charge in [0.1, 0.15) is 0 Å². The van der Waals surface area contributed by atoms with E-state index in [0.717, 1.165) is 25.9 Å². The third-order valence-electron chi connectivity index (χ3n) is 6.29. The zero-order chi connectivity index (χ0) is 19.4. The number of β-amino-alcohol motifs (C(OH)–C–C–N with tert-alkyl or cyclic N) is 1. The topological polar surface area (TPSA) is 65.5 Å². The van der Waals surface area contributed by atoms with Crippen molar-refractivity contribution in [3.8, 4) is 0 Å². The van der Waals surface area contributed by atoms with Crippen LogP contribution in [0.2, 0.25) is 0 Å². The monoisotopic (exact) mass is 371 g/mol. The molecule has 1 aromatic heterocycles. The minimum Gasteiger partial charge on any atom is -0.390 e. The van der Waals surface area contributed by atoms with Crippen molar-refractivity contribution < 1.29 is 9.90 Å². The molecule has 2 atom stereocenters. The Balaban J connectivity index is 1.51. The number of rotatable bonds is 5. The van der Waals surface area contributed by atoms with Crippen LogP contribution in [-0.4, -0.2) is 52.7 Å². The zero-order valence-electron chi connectivity index (χ0n) is 16.9. The predicted molar refractivity (Wildman–Crippen MR) is 108 cm³/mol. The van der Waals surface area contributed by atoms with E-state index in [1.54, 1.807) is 35.7 Å². The van der Waals surface area contributed by atoms with Gasteiger partial charge in [0.2, 0.25) is 0 Å². The average molecular weight is 372 g/mol. The lowest BCUT2D eigenvalue weighted by Gasteiger charge is -2.39. The summed E-state index contributed by atoms with van der Waals surface area (Å²) in [5.41, 5.74) is 4.06. The highest BCUT2D eigenvalue weighted by Gasteiger charge is 2.31. The number of carbonyl (C=O) groups is 1. The van der Waals surface area contributed by atoms with Crippen LogP contribution in [-0.2, 0) is 0 Å². The largest absolute Gasteiger partial charge is 0.390 e. The maximum absolute atomic E-state index is 12.3. The fourth-order valence-electron chi connectivity index (χ4n) is 4.62. The van der Waals surface area contributed by atoms with Gasteiger partial charge in [0.05, 0.1) is 12.1 Å². The third kappa shape index (κ3) is 4.96. The first-order valence-electron chi connectivity index (χ1n) is 10.2. The summed E-state index contributed by atoms with van der Waals surface area (Å²) in [6, 6.07) is 3.20. The minimum absolute atomic E-state index is 0.139. The van der Waals surface area contributed by atoms with Crippen molar-refractivity contribution in [2.24, 2.45) is 5.41 Å². The standard InChI is InChI=1S/C22H33N3O2/c1-16-5-4-10-22(2,3)18(16)8-13-25-14-9-19(20(26)15-25)24-21(27)17-6-11-23-12-7-17/h6-7,11-12,19-20,26H,4-5,8-10,13-15H2,1-3H3,(H,24,27). The molecule has 2 aliphatic rings. The summed E-state index contributed by atoms with van der Waals surface area (Å²) in [5.74, 6) is -0.139. The Morgan fingerprint density at radius 2 is 2.11 bits per heavy atom. The second kappa shape index (κ2) is 8.53. The lowest BCUT2D eigenvalue weighted by Crippen LogP contribution is -2.54. The minimum atomic E-state index is -0.529. The van der Waals surface area contributed by atoms with Crippen LogP contribution in [0.15, 0.2) is 35.7 Å². The summed E-state index contributed by atoms with van der Waals surface area (Å²) in [6.07, 6.45) is 8.34. The first-order valence-corrected chi connectivity index (χ1v) is 10.2. The molecular formula is C22H33N3O2. The maximum Gasteiger partial charge on any atom is 0.251 e. The summed E-state index contributed by atoms with van der Waals surface area (Å²) in [4.78, 5) is 18.6. The van der Waals surface area contributed by atoms with Gasteiger partial charge in [-0.1, -0.05) is 25.0 Å². The number of aromatic nitrogens is 1. The molecular weight excluding hydrogens is 338 g/mol. The smallest absolute Gasteiger partial charge is 0.251 e. The molecule has 2 heterocycles. The number of allylic oxidation sites excluding steroid dienone is 1. The quantitative estimate of drug-likeness (QED) is 0.781. The van der Waals surface area contributed by atoms with Crippen molar-refractivity contribution in [1.82, 2.24) is 15.2 Å². The molecule has 148 valence electrons. The highest BCUT2D eigenvalue weighted by atomic mass is 16.3. The number of nitrogens with one attached hydrogen (secondary N) is 1. The molecule has 0 saturated carbocycles. The summed E-state index contributed by atoms with van der Waals surface area (Å²) < 4.78 is 0. The van der Waals surface area contributed by atoms with Gasteiger partial charge in [-0.15, -0.1) is 0 Å². The molecule has 1 aliphatic carbocycles. The Labute approximate surface area is 162 Å². The molecule has 2 unspecified atom stereocenters. The summed E-state index contributed by atoms with van der Waals surface area (Å²) in [6.45, 7) is 9.52. The predicted octanol–water partition coefficient (Wildman–Crippen LogP) is 3.16. The van der Waals surface area contributed by atoms with Crippen LogP contribution in [0.5, 0.6) is 0 Å². The number of hydrogen-bond acceptors (Lipinski definition) is 4. The maximum atomic E-state index is 12.3. The molecule has 0 radical (unpaired) electrons. The number of carbonyl (C=O) groups excluding carboxylic acids is 1. The average Bonchev–Trinajstić information content (AvgIpc) is 2.63. The summed E-state index contributed by atoms with van der Waals surface area (Å²) in [5, 5.41) is 13.5. The number of aliphatic hydroxyl groups excluding tert-OH is 1. The Morgan fingerprint density at radius 1 is 1.37 bits per heavy atom. The van der Waals surface area contributed by atoms with Crippen LogP contribution in [0.1, 0.15) is 63.2 Å². The molecule has 1 aromatic rings. The van der Waals surface area contributed by atoms with Gasteiger partial charge in [-0.2, -0.15) is 0 Å². The van der Waals surface area contributed by atoms with Crippen LogP contribution in [0.3, 0.4) is 0 Å². The van der Waals surface area contributed by atoms with Crippen LogP contribution in [0.4, 0.5) is 0 Å². The second-order valence-corrected chi connectivity index (χ2v) is 8.72. The Hall–Kier alpha value is -1.72. The SMILES string of the molecule is CC1=C(CCN2CCC(NC(=O)c3ccncc3)C(O)C2)C(C)(C)CCC1. The van der Waals surface area contributed by atoms with Crippen molar-refractivity contribution in [1.29, 1.82) is 0 Å². The van der Waals surface area contributed by atoms with Gasteiger partial charge in [0.15, 0.2) is 0 Å². The normalized spacial score (nSPS) is 26.1. The third-order valence-corrected chi connectivity index (χ3v) is 6.29. The van der Waals surface area contributed by atoms with Gasteiger partial charge >= 0.3 is 0 Å². The van der Waals surface area contributed by atoms with Crippen LogP contribution in [0.25, 0.3) is 0 Å². The molecule has 2 N–H and O–H groups in total. The fourth-order valence-corrected chi connectivity index (χ4v) is 4.62. The molecule has 1 aliphatic heterocycles. The van der Waals surface area contributed by atoms with Crippen LogP contribution in [0, 0.1) is 5.41 Å². The van der Waals surface area contributed by atoms with Gasteiger partial charge in [0.25, 0.3) is 5.91 Å². The van der Waals surface area contributed by atoms with E-state index in [0.29, 0.717) is 17.5 Å². The van der Waals surface area contributed by atoms with E-state index >= 15 is 0 Å². The van der Waals surface area contributed by atoms with E-state index in [9.17, 15) is 9.90 Å². The van der Waals surface area contributed by atoms with E-state index in [2.05, 4.69) is 36.0 Å². The molecule has 1 fully saturated rings. The molecule has 27 heavy (non-hydrogen) atoms. The first kappa shape index (κ1) is 20.0. The van der Waals surface area contributed by atoms with Gasteiger partial charge in [-0.05, 0) is 56.6 Å². The zero-order valence-corrected chi connectivity index (χ0v) is 16.9. The number of nitrogens with zero attached hydrogens (tertiary/aromatic N) is 2. The van der Waals surface area contributed by atoms with E-state index in [1.165, 1.54) is 19.3 Å². The number of aliphatic hydroxyl groups is 1. The van der Waals surface area contributed by atoms with E-state index < -0.39 is 6.10 Å². The Morgan fingerprint density at radius 3 is 2.78 bits per heavy atom. The highest BCUT2D eigenvalue weighted by Crippen LogP contribution is 2.41. The second-order valence-electron chi connectivity index (χ2n) is 8.72. The summed E-state index contributed by atoms with van der Waals surface area (Å²) >= 11 is 0. The molecule has 5 heteroatoms. The van der Waals surface area contributed by atoms with Crippen LogP contribution < -0.4 is 5.32 Å². The molecule has 0 bridgehead atoms.